The minimum atomic E-state index is -1.26. The van der Waals surface area contributed by atoms with E-state index in [0.29, 0.717) is 31.9 Å². The molecule has 3 rings (SSSR count). The summed E-state index contributed by atoms with van der Waals surface area (Å²) in [7, 11) is 0. The Morgan fingerprint density at radius 3 is 3.00 bits per heavy atom. The van der Waals surface area contributed by atoms with Crippen LogP contribution in [0.5, 0.6) is 0 Å². The van der Waals surface area contributed by atoms with Gasteiger partial charge in [0.25, 0.3) is 0 Å². The van der Waals surface area contributed by atoms with Crippen LogP contribution in [0.2, 0.25) is 0 Å². The van der Waals surface area contributed by atoms with Crippen LogP contribution in [-0.4, -0.2) is 42.8 Å². The van der Waals surface area contributed by atoms with Crippen molar-refractivity contribution in [1.82, 2.24) is 4.98 Å². The number of aromatic nitrogens is 1. The van der Waals surface area contributed by atoms with Crippen molar-refractivity contribution >= 4 is 28.4 Å². The second-order valence-corrected chi connectivity index (χ2v) is 8.46. The highest BCUT2D eigenvalue weighted by atomic mass is 32.1. The Labute approximate surface area is 169 Å². The minimum Gasteiger partial charge on any atom is -0.459 e. The van der Waals surface area contributed by atoms with Crippen molar-refractivity contribution in [3.05, 3.63) is 23.7 Å². The molecule has 2 fully saturated rings. The van der Waals surface area contributed by atoms with Gasteiger partial charge in [0.2, 0.25) is 0 Å². The van der Waals surface area contributed by atoms with Crippen LogP contribution in [0.1, 0.15) is 51.6 Å². The number of carbonyl (C=O) groups is 2. The summed E-state index contributed by atoms with van der Waals surface area (Å²) in [6.07, 6.45) is 5.06. The van der Waals surface area contributed by atoms with E-state index in [1.165, 1.54) is 11.3 Å². The summed E-state index contributed by atoms with van der Waals surface area (Å²) >= 11 is 1.43. The highest BCUT2D eigenvalue weighted by Gasteiger charge is 2.65. The fraction of sp³-hybridized carbons (Fsp3) is 0.650. The van der Waals surface area contributed by atoms with Gasteiger partial charge in [-0.2, -0.15) is 0 Å². The van der Waals surface area contributed by atoms with Crippen LogP contribution in [0.25, 0.3) is 0 Å². The molecule has 154 valence electrons. The summed E-state index contributed by atoms with van der Waals surface area (Å²) in [6.45, 7) is 9.14. The third-order valence-electron chi connectivity index (χ3n) is 5.23. The number of thiazole rings is 1. The lowest BCUT2D eigenvalue weighted by molar-refractivity contribution is -0.160. The summed E-state index contributed by atoms with van der Waals surface area (Å²) in [5.74, 6) is -1.04. The molecule has 2 saturated heterocycles. The molecule has 0 aromatic carbocycles. The molecule has 1 aromatic rings. The molecule has 2 aliphatic heterocycles. The molecule has 0 bridgehead atoms. The van der Waals surface area contributed by atoms with Crippen molar-refractivity contribution in [3.63, 3.8) is 0 Å². The monoisotopic (exact) mass is 408 g/mol. The Morgan fingerprint density at radius 1 is 1.43 bits per heavy atom. The van der Waals surface area contributed by atoms with Gasteiger partial charge in [-0.3, -0.25) is 9.59 Å². The third-order valence-corrected chi connectivity index (χ3v) is 6.03. The van der Waals surface area contributed by atoms with Gasteiger partial charge in [-0.25, -0.2) is 4.98 Å². The number of nitrogens with one attached hydrogen (secondary N) is 1. The number of rotatable bonds is 10. The second kappa shape index (κ2) is 8.61. The van der Waals surface area contributed by atoms with Crippen molar-refractivity contribution in [2.45, 2.75) is 57.7 Å². The lowest BCUT2D eigenvalue weighted by Crippen LogP contribution is -2.32. The van der Waals surface area contributed by atoms with Crippen molar-refractivity contribution in [1.29, 1.82) is 0 Å². The van der Waals surface area contributed by atoms with Crippen LogP contribution >= 0.6 is 11.3 Å². The molecule has 0 amide bonds. The van der Waals surface area contributed by atoms with E-state index in [2.05, 4.69) is 23.8 Å². The van der Waals surface area contributed by atoms with Crippen LogP contribution in [-0.2, 0) is 29.4 Å². The van der Waals surface area contributed by atoms with Crippen molar-refractivity contribution < 1.29 is 23.8 Å². The maximum absolute atomic E-state index is 12.7. The van der Waals surface area contributed by atoms with Gasteiger partial charge in [-0.1, -0.05) is 25.8 Å². The van der Waals surface area contributed by atoms with Gasteiger partial charge in [-0.15, -0.1) is 17.9 Å². The van der Waals surface area contributed by atoms with Crippen LogP contribution in [0.4, 0.5) is 5.13 Å². The van der Waals surface area contributed by atoms with Gasteiger partial charge in [0.1, 0.15) is 6.10 Å². The largest absolute Gasteiger partial charge is 0.459 e. The maximum Gasteiger partial charge on any atom is 0.324 e. The molecular weight excluding hydrogens is 380 g/mol. The molecule has 28 heavy (non-hydrogen) atoms. The predicted molar refractivity (Wildman–Crippen MR) is 106 cm³/mol. The van der Waals surface area contributed by atoms with Gasteiger partial charge in [0.05, 0.1) is 12.3 Å². The van der Waals surface area contributed by atoms with Gasteiger partial charge in [-0.05, 0) is 13.3 Å². The fourth-order valence-corrected chi connectivity index (χ4v) is 4.58. The molecule has 0 saturated carbocycles. The average Bonchev–Trinajstić information content (AvgIpc) is 3.32. The van der Waals surface area contributed by atoms with E-state index in [9.17, 15) is 9.59 Å². The van der Waals surface area contributed by atoms with Gasteiger partial charge < -0.3 is 19.5 Å². The number of esters is 2. The molecule has 0 unspecified atom stereocenters. The number of ether oxygens (including phenoxy) is 3. The van der Waals surface area contributed by atoms with E-state index in [-0.39, 0.29) is 6.42 Å². The van der Waals surface area contributed by atoms with Crippen molar-refractivity contribution in [2.24, 2.45) is 5.41 Å². The number of cyclic esters (lactones) is 2. The standard InChI is InChI=1S/C20H28N2O5S/c1-4-6-7-9-25-11-14-10-20(16(23)26-14)13-19(3,27-17(20)24)15-12-28-18(22-15)21-8-5-2/h5,12,14H,2,4,6-11,13H2,1,3H3,(H,21,22)/t14-,19-,20-/m0/s1. The molecule has 1 N–H and O–H groups in total. The predicted octanol–water partition coefficient (Wildman–Crippen LogP) is 3.41. The zero-order valence-corrected chi connectivity index (χ0v) is 17.3. The summed E-state index contributed by atoms with van der Waals surface area (Å²) in [4.78, 5) is 29.8. The molecule has 2 aliphatic rings. The Hall–Kier alpha value is -1.93. The molecule has 7 nitrogen and oxygen atoms in total. The first-order valence-electron chi connectivity index (χ1n) is 9.76. The Bertz CT molecular complexity index is 736. The molecule has 8 heteroatoms. The van der Waals surface area contributed by atoms with E-state index in [1.54, 1.807) is 13.0 Å². The number of nitrogens with zero attached hydrogens (tertiary/aromatic N) is 1. The normalized spacial score (nSPS) is 29.1. The first-order valence-corrected chi connectivity index (χ1v) is 10.6. The van der Waals surface area contributed by atoms with E-state index < -0.39 is 29.1 Å². The molecule has 1 aromatic heterocycles. The lowest BCUT2D eigenvalue weighted by atomic mass is 9.78. The molecule has 0 aliphatic carbocycles. The zero-order valence-electron chi connectivity index (χ0n) is 16.5. The smallest absolute Gasteiger partial charge is 0.324 e. The van der Waals surface area contributed by atoms with Crippen molar-refractivity contribution in [3.8, 4) is 0 Å². The number of carbonyl (C=O) groups excluding carboxylic acids is 2. The van der Waals surface area contributed by atoms with Gasteiger partial charge >= 0.3 is 11.9 Å². The number of unbranched alkanes of at least 4 members (excludes halogenated alkanes) is 2. The lowest BCUT2D eigenvalue weighted by Gasteiger charge is -2.20. The minimum absolute atomic E-state index is 0.231. The topological polar surface area (TPSA) is 86.8 Å². The maximum atomic E-state index is 12.7. The summed E-state index contributed by atoms with van der Waals surface area (Å²) in [5, 5.41) is 5.70. The summed E-state index contributed by atoms with van der Waals surface area (Å²) in [6, 6.07) is 0. The van der Waals surface area contributed by atoms with E-state index in [0.717, 1.165) is 24.4 Å². The van der Waals surface area contributed by atoms with Crippen LogP contribution in [0.15, 0.2) is 18.0 Å². The quantitative estimate of drug-likeness (QED) is 0.275. The summed E-state index contributed by atoms with van der Waals surface area (Å²) in [5.41, 5.74) is -1.57. The first-order chi connectivity index (χ1) is 13.4. The first kappa shape index (κ1) is 20.8. The average molecular weight is 409 g/mol. The van der Waals surface area contributed by atoms with E-state index in [1.807, 2.05) is 5.38 Å². The zero-order chi connectivity index (χ0) is 20.2. The Morgan fingerprint density at radius 2 is 2.25 bits per heavy atom. The molecule has 3 atom stereocenters. The number of hydrogen-bond acceptors (Lipinski definition) is 8. The Kier molecular flexibility index (Phi) is 6.40. The van der Waals surface area contributed by atoms with E-state index in [4.69, 9.17) is 14.2 Å². The van der Waals surface area contributed by atoms with Crippen LogP contribution < -0.4 is 5.32 Å². The molecule has 0 radical (unpaired) electrons. The molecular formula is C20H28N2O5S. The fourth-order valence-electron chi connectivity index (χ4n) is 3.74. The van der Waals surface area contributed by atoms with Gasteiger partial charge in [0, 0.05) is 31.4 Å². The van der Waals surface area contributed by atoms with Gasteiger partial charge in [0.15, 0.2) is 16.1 Å². The number of anilines is 1. The highest BCUT2D eigenvalue weighted by Crippen LogP contribution is 2.52. The third kappa shape index (κ3) is 4.07. The van der Waals surface area contributed by atoms with Crippen LogP contribution in [0.3, 0.4) is 0 Å². The van der Waals surface area contributed by atoms with E-state index >= 15 is 0 Å². The Balaban J connectivity index is 1.64. The van der Waals surface area contributed by atoms with Crippen molar-refractivity contribution in [2.75, 3.05) is 25.1 Å². The second-order valence-electron chi connectivity index (χ2n) is 7.60. The molecule has 1 spiro atoms. The SMILES string of the molecule is C=CCNc1nc([C@]2(C)C[C@]3(C[C@@H](COCCCCC)OC3=O)C(=O)O2)cs1. The summed E-state index contributed by atoms with van der Waals surface area (Å²) < 4.78 is 16.8. The number of hydrogen-bond donors (Lipinski definition) is 1. The highest BCUT2D eigenvalue weighted by molar-refractivity contribution is 7.13. The van der Waals surface area contributed by atoms with Crippen LogP contribution in [0, 0.1) is 5.41 Å². The molecule has 3 heterocycles.